The zero-order chi connectivity index (χ0) is 15.7. The van der Waals surface area contributed by atoms with Gasteiger partial charge in [0.15, 0.2) is 5.13 Å². The molecule has 0 radical (unpaired) electrons. The van der Waals surface area contributed by atoms with Crippen molar-refractivity contribution in [3.8, 4) is 11.3 Å². The minimum absolute atomic E-state index is 0.00902. The summed E-state index contributed by atoms with van der Waals surface area (Å²) in [6.07, 6.45) is 1.62. The molecule has 116 valence electrons. The van der Waals surface area contributed by atoms with Gasteiger partial charge in [0.25, 0.3) is 0 Å². The second-order valence-electron chi connectivity index (χ2n) is 6.61. The fourth-order valence-corrected chi connectivity index (χ4v) is 3.45. The van der Waals surface area contributed by atoms with Gasteiger partial charge >= 0.3 is 0 Å². The number of aromatic nitrogens is 1. The molecule has 2 heterocycles. The quantitative estimate of drug-likeness (QED) is 0.925. The van der Waals surface area contributed by atoms with Gasteiger partial charge in [0.05, 0.1) is 5.69 Å². The number of hydrogen-bond acceptors (Lipinski definition) is 4. The van der Waals surface area contributed by atoms with Crippen LogP contribution in [0.15, 0.2) is 29.6 Å². The average Bonchev–Trinajstić information content (AvgIpc) is 3.06. The summed E-state index contributed by atoms with van der Waals surface area (Å²) in [5.74, 6) is 0.220. The van der Waals surface area contributed by atoms with Gasteiger partial charge in [-0.15, -0.1) is 11.3 Å². The smallest absolute Gasteiger partial charge is 0.227 e. The van der Waals surface area contributed by atoms with E-state index >= 15 is 0 Å². The Morgan fingerprint density at radius 1 is 1.23 bits per heavy atom. The van der Waals surface area contributed by atoms with Crippen molar-refractivity contribution in [2.75, 3.05) is 16.8 Å². The molecule has 1 N–H and O–H groups in total. The molecule has 1 amide bonds. The number of carbonyl (C=O) groups excluding carboxylic acids is 1. The maximum Gasteiger partial charge on any atom is 0.227 e. The molecule has 1 fully saturated rings. The number of thiazole rings is 1. The number of hydrogen-bond donors (Lipinski definition) is 1. The van der Waals surface area contributed by atoms with Gasteiger partial charge in [0.2, 0.25) is 5.91 Å². The molecule has 1 aromatic heterocycles. The molecule has 1 aliphatic heterocycles. The van der Waals surface area contributed by atoms with Crippen LogP contribution in [0.2, 0.25) is 0 Å². The molecule has 0 atom stereocenters. The van der Waals surface area contributed by atoms with E-state index in [0.717, 1.165) is 35.0 Å². The maximum absolute atomic E-state index is 11.8. The predicted molar refractivity (Wildman–Crippen MR) is 92.5 cm³/mol. The van der Waals surface area contributed by atoms with Crippen molar-refractivity contribution < 1.29 is 4.79 Å². The van der Waals surface area contributed by atoms with Gasteiger partial charge in [-0.25, -0.2) is 4.98 Å². The summed E-state index contributed by atoms with van der Waals surface area (Å²) in [6.45, 7) is 7.19. The Bertz CT molecular complexity index is 670. The Kier molecular flexibility index (Phi) is 3.91. The van der Waals surface area contributed by atoms with E-state index < -0.39 is 0 Å². The number of benzene rings is 1. The fraction of sp³-hybridized carbons (Fsp3) is 0.412. The first-order valence-corrected chi connectivity index (χ1v) is 8.45. The molecule has 1 saturated heterocycles. The monoisotopic (exact) mass is 315 g/mol. The normalized spacial score (nSPS) is 15.4. The van der Waals surface area contributed by atoms with Crippen molar-refractivity contribution >= 4 is 28.1 Å². The lowest BCUT2D eigenvalue weighted by Crippen LogP contribution is -2.25. The van der Waals surface area contributed by atoms with E-state index in [4.69, 9.17) is 0 Å². The number of nitrogens with one attached hydrogen (secondary N) is 1. The highest BCUT2D eigenvalue weighted by Crippen LogP contribution is 2.29. The molecule has 2 aromatic rings. The second kappa shape index (κ2) is 5.72. The molecule has 1 aromatic carbocycles. The summed E-state index contributed by atoms with van der Waals surface area (Å²) in [7, 11) is 0. The summed E-state index contributed by atoms with van der Waals surface area (Å²) in [5, 5.41) is 6.38. The molecule has 0 aliphatic carbocycles. The molecule has 3 rings (SSSR count). The van der Waals surface area contributed by atoms with Gasteiger partial charge in [-0.3, -0.25) is 4.79 Å². The van der Waals surface area contributed by atoms with Crippen LogP contribution in [0.5, 0.6) is 0 Å². The summed E-state index contributed by atoms with van der Waals surface area (Å²) in [6, 6.07) is 8.09. The molecule has 4 nitrogen and oxygen atoms in total. The van der Waals surface area contributed by atoms with Crippen molar-refractivity contribution in [2.24, 2.45) is 0 Å². The van der Waals surface area contributed by atoms with Crippen LogP contribution in [-0.4, -0.2) is 23.0 Å². The maximum atomic E-state index is 11.8. The molecular formula is C17H21N3OS. The molecule has 0 saturated carbocycles. The van der Waals surface area contributed by atoms with Gasteiger partial charge in [0, 0.05) is 35.1 Å². The molecular weight excluding hydrogens is 294 g/mol. The SMILES string of the molecule is CC(C)(C)Nc1nc(-c2ccc(N3CCCC3=O)cc2)cs1. The van der Waals surface area contributed by atoms with E-state index in [0.29, 0.717) is 6.42 Å². The third kappa shape index (κ3) is 3.30. The standard InChI is InChI=1S/C17H21N3OS/c1-17(2,3)19-16-18-14(11-22-16)12-6-8-13(9-7-12)20-10-4-5-15(20)21/h6-9,11H,4-5,10H2,1-3H3,(H,18,19). The summed E-state index contributed by atoms with van der Waals surface area (Å²) in [5.41, 5.74) is 3.04. The largest absolute Gasteiger partial charge is 0.357 e. The molecule has 1 aliphatic rings. The molecule has 5 heteroatoms. The van der Waals surface area contributed by atoms with Crippen molar-refractivity contribution in [3.63, 3.8) is 0 Å². The zero-order valence-electron chi connectivity index (χ0n) is 13.2. The van der Waals surface area contributed by atoms with Crippen LogP contribution >= 0.6 is 11.3 Å². The Balaban J connectivity index is 1.77. The second-order valence-corrected chi connectivity index (χ2v) is 7.47. The van der Waals surface area contributed by atoms with E-state index in [2.05, 4.69) is 36.5 Å². The van der Waals surface area contributed by atoms with Crippen LogP contribution in [0, 0.1) is 0 Å². The molecule has 0 spiro atoms. The topological polar surface area (TPSA) is 45.2 Å². The van der Waals surface area contributed by atoms with E-state index in [-0.39, 0.29) is 11.4 Å². The number of nitrogens with zero attached hydrogens (tertiary/aromatic N) is 2. The predicted octanol–water partition coefficient (Wildman–Crippen LogP) is 4.15. The number of rotatable bonds is 3. The lowest BCUT2D eigenvalue weighted by atomic mass is 10.1. The summed E-state index contributed by atoms with van der Waals surface area (Å²) < 4.78 is 0. The first kappa shape index (κ1) is 15.0. The van der Waals surface area contributed by atoms with Crippen molar-refractivity contribution in [2.45, 2.75) is 39.2 Å². The Morgan fingerprint density at radius 2 is 1.95 bits per heavy atom. The van der Waals surface area contributed by atoms with Crippen LogP contribution < -0.4 is 10.2 Å². The van der Waals surface area contributed by atoms with Crippen molar-refractivity contribution in [3.05, 3.63) is 29.6 Å². The van der Waals surface area contributed by atoms with Crippen LogP contribution in [0.25, 0.3) is 11.3 Å². The number of amides is 1. The molecule has 0 unspecified atom stereocenters. The third-order valence-corrected chi connectivity index (χ3v) is 4.29. The van der Waals surface area contributed by atoms with Crippen LogP contribution in [0.1, 0.15) is 33.6 Å². The minimum Gasteiger partial charge on any atom is -0.357 e. The fourth-order valence-electron chi connectivity index (χ4n) is 2.52. The molecule has 0 bridgehead atoms. The van der Waals surface area contributed by atoms with Crippen LogP contribution in [0.3, 0.4) is 0 Å². The average molecular weight is 315 g/mol. The minimum atomic E-state index is 0.00902. The van der Waals surface area contributed by atoms with Gasteiger partial charge < -0.3 is 10.2 Å². The van der Waals surface area contributed by atoms with E-state index in [9.17, 15) is 4.79 Å². The van der Waals surface area contributed by atoms with Gasteiger partial charge in [0.1, 0.15) is 0 Å². The number of anilines is 2. The number of carbonyl (C=O) groups is 1. The highest BCUT2D eigenvalue weighted by molar-refractivity contribution is 7.14. The summed E-state index contributed by atoms with van der Waals surface area (Å²) in [4.78, 5) is 18.3. The van der Waals surface area contributed by atoms with E-state index in [1.807, 2.05) is 29.2 Å². The Hall–Kier alpha value is -1.88. The summed E-state index contributed by atoms with van der Waals surface area (Å²) >= 11 is 1.61. The lowest BCUT2D eigenvalue weighted by Gasteiger charge is -2.19. The first-order chi connectivity index (χ1) is 10.4. The molecule has 22 heavy (non-hydrogen) atoms. The lowest BCUT2D eigenvalue weighted by molar-refractivity contribution is -0.117. The van der Waals surface area contributed by atoms with Gasteiger partial charge in [-0.05, 0) is 39.3 Å². The highest BCUT2D eigenvalue weighted by atomic mass is 32.1. The van der Waals surface area contributed by atoms with Crippen molar-refractivity contribution in [1.82, 2.24) is 4.98 Å². The Morgan fingerprint density at radius 3 is 2.55 bits per heavy atom. The van der Waals surface area contributed by atoms with Crippen LogP contribution in [-0.2, 0) is 4.79 Å². The van der Waals surface area contributed by atoms with E-state index in [1.54, 1.807) is 11.3 Å². The third-order valence-electron chi connectivity index (χ3n) is 3.53. The van der Waals surface area contributed by atoms with E-state index in [1.165, 1.54) is 0 Å². The van der Waals surface area contributed by atoms with Gasteiger partial charge in [-0.2, -0.15) is 0 Å². The van der Waals surface area contributed by atoms with Crippen LogP contribution in [0.4, 0.5) is 10.8 Å². The Labute approximate surface area is 135 Å². The zero-order valence-corrected chi connectivity index (χ0v) is 14.0. The highest BCUT2D eigenvalue weighted by Gasteiger charge is 2.21. The van der Waals surface area contributed by atoms with Crippen molar-refractivity contribution in [1.29, 1.82) is 0 Å². The first-order valence-electron chi connectivity index (χ1n) is 7.57. The van der Waals surface area contributed by atoms with Gasteiger partial charge in [-0.1, -0.05) is 12.1 Å².